The first-order valence-electron chi connectivity index (χ1n) is 9.57. The Morgan fingerprint density at radius 1 is 1.04 bits per heavy atom. The number of rotatable bonds is 2. The van der Waals surface area contributed by atoms with Crippen LogP contribution in [0.3, 0.4) is 0 Å². The van der Waals surface area contributed by atoms with E-state index >= 15 is 0 Å². The molecule has 2 saturated heterocycles. The van der Waals surface area contributed by atoms with Crippen LogP contribution >= 0.6 is 0 Å². The van der Waals surface area contributed by atoms with Gasteiger partial charge in [-0.1, -0.05) is 19.9 Å². The standard InChI is InChI=1S/C20H28BNO4/c1-18(2)15-8-7-12(21-25-19(3,4)20(5,6)26-21)9-16(15)22(17(18)24)13-10-14(23)11-13/h7,9,13,15H,8,10-11H2,1-6H3. The zero-order valence-corrected chi connectivity index (χ0v) is 16.6. The predicted octanol–water partition coefficient (Wildman–Crippen LogP) is 3.05. The fourth-order valence-corrected chi connectivity index (χ4v) is 4.35. The highest BCUT2D eigenvalue weighted by molar-refractivity contribution is 6.55. The van der Waals surface area contributed by atoms with Crippen molar-refractivity contribution >= 4 is 18.8 Å². The second kappa shape index (κ2) is 5.32. The second-order valence-corrected chi connectivity index (χ2v) is 9.65. The van der Waals surface area contributed by atoms with Gasteiger partial charge in [0, 0.05) is 24.5 Å². The Labute approximate surface area is 155 Å². The van der Waals surface area contributed by atoms with Crippen LogP contribution in [0, 0.1) is 11.3 Å². The summed E-state index contributed by atoms with van der Waals surface area (Å²) < 4.78 is 12.4. The number of nitrogens with zero attached hydrogens (tertiary/aromatic N) is 1. The van der Waals surface area contributed by atoms with Gasteiger partial charge in [-0.15, -0.1) is 0 Å². The molecule has 6 heteroatoms. The Kier molecular flexibility index (Phi) is 3.68. The molecule has 0 N–H and O–H groups in total. The van der Waals surface area contributed by atoms with Crippen molar-refractivity contribution in [1.82, 2.24) is 4.90 Å². The quantitative estimate of drug-likeness (QED) is 0.713. The number of fused-ring (bicyclic) bond motifs is 1. The molecule has 0 aromatic carbocycles. The van der Waals surface area contributed by atoms with E-state index in [1.165, 1.54) is 0 Å². The minimum atomic E-state index is -0.442. The number of ketones is 1. The van der Waals surface area contributed by atoms with E-state index in [-0.39, 0.29) is 23.7 Å². The Balaban J connectivity index is 1.65. The van der Waals surface area contributed by atoms with Gasteiger partial charge >= 0.3 is 7.12 Å². The van der Waals surface area contributed by atoms with Crippen molar-refractivity contribution in [2.24, 2.45) is 11.3 Å². The molecular weight excluding hydrogens is 329 g/mol. The van der Waals surface area contributed by atoms with Gasteiger partial charge in [-0.25, -0.2) is 0 Å². The highest BCUT2D eigenvalue weighted by Gasteiger charge is 2.57. The maximum absolute atomic E-state index is 13.1. The lowest BCUT2D eigenvalue weighted by Crippen LogP contribution is -2.46. The molecule has 0 aromatic rings. The summed E-state index contributed by atoms with van der Waals surface area (Å²) in [6.07, 6.45) is 5.97. The summed E-state index contributed by atoms with van der Waals surface area (Å²) in [6, 6.07) is 0.0168. The minimum Gasteiger partial charge on any atom is -0.399 e. The monoisotopic (exact) mass is 357 g/mol. The van der Waals surface area contributed by atoms with Crippen LogP contribution in [0.4, 0.5) is 0 Å². The van der Waals surface area contributed by atoms with Crippen molar-refractivity contribution in [1.29, 1.82) is 0 Å². The summed E-state index contributed by atoms with van der Waals surface area (Å²) in [7, 11) is -0.419. The van der Waals surface area contributed by atoms with Crippen LogP contribution in [0.15, 0.2) is 23.3 Å². The zero-order valence-electron chi connectivity index (χ0n) is 16.6. The molecule has 1 saturated carbocycles. The molecule has 3 fully saturated rings. The molecule has 4 aliphatic rings. The molecule has 4 rings (SSSR count). The molecule has 140 valence electrons. The van der Waals surface area contributed by atoms with Crippen molar-refractivity contribution in [3.63, 3.8) is 0 Å². The molecule has 0 bridgehead atoms. The van der Waals surface area contributed by atoms with E-state index in [9.17, 15) is 9.59 Å². The third kappa shape index (κ3) is 2.38. The van der Waals surface area contributed by atoms with Crippen molar-refractivity contribution in [2.75, 3.05) is 0 Å². The molecule has 26 heavy (non-hydrogen) atoms. The lowest BCUT2D eigenvalue weighted by atomic mass is 9.69. The van der Waals surface area contributed by atoms with Gasteiger partial charge in [-0.3, -0.25) is 9.59 Å². The Bertz CT molecular complexity index is 725. The van der Waals surface area contributed by atoms with Gasteiger partial charge in [-0.2, -0.15) is 0 Å². The minimum absolute atomic E-state index is 0.0168. The zero-order chi connectivity index (χ0) is 19.1. The first-order chi connectivity index (χ1) is 11.9. The lowest BCUT2D eigenvalue weighted by molar-refractivity contribution is -0.140. The molecule has 0 spiro atoms. The smallest absolute Gasteiger partial charge is 0.399 e. The third-order valence-electron chi connectivity index (χ3n) is 7.00. The maximum Gasteiger partial charge on any atom is 0.494 e. The molecule has 2 aliphatic heterocycles. The number of allylic oxidation sites excluding steroid dienone is 4. The first-order valence-corrected chi connectivity index (χ1v) is 9.57. The van der Waals surface area contributed by atoms with Crippen molar-refractivity contribution in [3.8, 4) is 0 Å². The lowest BCUT2D eigenvalue weighted by Gasteiger charge is -2.36. The fourth-order valence-electron chi connectivity index (χ4n) is 4.35. The van der Waals surface area contributed by atoms with Gasteiger partial charge in [0.25, 0.3) is 0 Å². The Morgan fingerprint density at radius 2 is 1.62 bits per heavy atom. The molecule has 1 unspecified atom stereocenters. The normalized spacial score (nSPS) is 32.3. The van der Waals surface area contributed by atoms with E-state index in [0.717, 1.165) is 17.6 Å². The summed E-state index contributed by atoms with van der Waals surface area (Å²) >= 11 is 0. The van der Waals surface area contributed by atoms with Crippen LogP contribution in [0.2, 0.25) is 0 Å². The molecule has 0 radical (unpaired) electrons. The van der Waals surface area contributed by atoms with Crippen LogP contribution < -0.4 is 0 Å². The maximum atomic E-state index is 13.1. The summed E-state index contributed by atoms with van der Waals surface area (Å²) in [5.74, 6) is 0.522. The van der Waals surface area contributed by atoms with Crippen molar-refractivity contribution < 1.29 is 18.9 Å². The van der Waals surface area contributed by atoms with E-state index in [0.29, 0.717) is 12.8 Å². The summed E-state index contributed by atoms with van der Waals surface area (Å²) in [6.45, 7) is 12.2. The Morgan fingerprint density at radius 3 is 2.15 bits per heavy atom. The van der Waals surface area contributed by atoms with Crippen molar-refractivity contribution in [3.05, 3.63) is 23.3 Å². The number of hydrogen-bond donors (Lipinski definition) is 0. The average Bonchev–Trinajstić information content (AvgIpc) is 2.84. The largest absolute Gasteiger partial charge is 0.494 e. The van der Waals surface area contributed by atoms with Crippen molar-refractivity contribution in [2.45, 2.75) is 78.0 Å². The summed E-state index contributed by atoms with van der Waals surface area (Å²) in [5, 5.41) is 0. The van der Waals surface area contributed by atoms with Gasteiger partial charge in [0.05, 0.1) is 22.7 Å². The van der Waals surface area contributed by atoms with E-state index in [1.54, 1.807) is 0 Å². The van der Waals surface area contributed by atoms with Gasteiger partial charge in [0.15, 0.2) is 0 Å². The second-order valence-electron chi connectivity index (χ2n) is 9.65. The summed E-state index contributed by atoms with van der Waals surface area (Å²) in [4.78, 5) is 26.5. The number of hydrogen-bond acceptors (Lipinski definition) is 4. The molecule has 0 aromatic heterocycles. The predicted molar refractivity (Wildman–Crippen MR) is 99.0 cm³/mol. The van der Waals surface area contributed by atoms with Crippen LogP contribution in [0.5, 0.6) is 0 Å². The highest BCUT2D eigenvalue weighted by Crippen LogP contribution is 2.51. The van der Waals surface area contributed by atoms with E-state index < -0.39 is 23.7 Å². The van der Waals surface area contributed by atoms with E-state index in [1.807, 2.05) is 46.4 Å². The SMILES string of the molecule is CC1(C)C(=O)N(C2CC(=O)C2)C2=CC(B3OC(C)(C)C(C)(C)O3)=CCC21. The van der Waals surface area contributed by atoms with E-state index in [2.05, 4.69) is 12.2 Å². The number of likely N-dealkylation sites (tertiary alicyclic amines) is 1. The number of carbonyl (C=O) groups is 2. The molecule has 1 atom stereocenters. The fraction of sp³-hybridized carbons (Fsp3) is 0.700. The Hall–Kier alpha value is -1.40. The number of Topliss-reactive ketones (excluding diaryl/α,β-unsaturated/α-hetero) is 1. The van der Waals surface area contributed by atoms with Gasteiger partial charge in [0.2, 0.25) is 5.91 Å². The number of carbonyl (C=O) groups excluding carboxylic acids is 2. The molecule has 5 nitrogen and oxygen atoms in total. The first kappa shape index (κ1) is 18.0. The van der Waals surface area contributed by atoms with Crippen LogP contribution in [-0.2, 0) is 18.9 Å². The highest BCUT2D eigenvalue weighted by atomic mass is 16.7. The van der Waals surface area contributed by atoms with Gasteiger partial charge in [0.1, 0.15) is 5.78 Å². The van der Waals surface area contributed by atoms with Gasteiger partial charge in [-0.05, 0) is 45.7 Å². The average molecular weight is 357 g/mol. The molecule has 1 amide bonds. The van der Waals surface area contributed by atoms with E-state index in [4.69, 9.17) is 9.31 Å². The molecule has 2 heterocycles. The summed E-state index contributed by atoms with van der Waals surface area (Å²) in [5.41, 5.74) is 0.792. The van der Waals surface area contributed by atoms with Crippen LogP contribution in [0.25, 0.3) is 0 Å². The topological polar surface area (TPSA) is 55.8 Å². The van der Waals surface area contributed by atoms with Crippen LogP contribution in [-0.4, -0.2) is 41.0 Å². The van der Waals surface area contributed by atoms with Crippen LogP contribution in [0.1, 0.15) is 60.8 Å². The molecule has 2 aliphatic carbocycles. The molecular formula is C20H28BNO4. The third-order valence-corrected chi connectivity index (χ3v) is 7.00. The van der Waals surface area contributed by atoms with Gasteiger partial charge < -0.3 is 14.2 Å². The number of amides is 1.